The van der Waals surface area contributed by atoms with Crippen molar-refractivity contribution in [1.82, 2.24) is 0 Å². The fourth-order valence-corrected chi connectivity index (χ4v) is 0.915. The fourth-order valence-electron chi connectivity index (χ4n) is 0.755. The number of benzene rings is 1. The molecule has 0 fully saturated rings. The second-order valence-electron chi connectivity index (χ2n) is 2.34. The molecule has 0 spiro atoms. The third kappa shape index (κ3) is 4.07. The Balaban J connectivity index is 0.000000873. The molecule has 0 unspecified atom stereocenters. The first-order valence-electron chi connectivity index (χ1n) is 3.74. The Kier molecular flexibility index (Phi) is 7.11. The van der Waals surface area contributed by atoms with Gasteiger partial charge in [-0.3, -0.25) is 4.79 Å². The van der Waals surface area contributed by atoms with E-state index in [0.717, 1.165) is 0 Å². The lowest BCUT2D eigenvalue weighted by atomic mass is 10.3. The van der Waals surface area contributed by atoms with Crippen LogP contribution in [0.2, 0.25) is 0 Å². The van der Waals surface area contributed by atoms with E-state index in [1.807, 2.05) is 0 Å². The molecular weight excluding hydrogens is 323 g/mol. The minimum absolute atomic E-state index is 0.444. The Morgan fingerprint density at radius 2 is 1.33 bits per heavy atom. The van der Waals surface area contributed by atoms with E-state index in [-0.39, 0.29) is 0 Å². The summed E-state index contributed by atoms with van der Waals surface area (Å²) < 4.78 is 66.2. The Bertz CT molecular complexity index is 454. The summed E-state index contributed by atoms with van der Waals surface area (Å²) in [5, 5.41) is 0. The fraction of sp³-hybridized carbons (Fsp3) is 0. The maximum atomic E-state index is 12.8. The van der Waals surface area contributed by atoms with Crippen LogP contribution in [0, 0.1) is 29.1 Å². The van der Waals surface area contributed by atoms with Gasteiger partial charge in [0.2, 0.25) is 34.8 Å². The van der Waals surface area contributed by atoms with Crippen LogP contribution >= 0.6 is 36.4 Å². The van der Waals surface area contributed by atoms with Gasteiger partial charge in [-0.2, -0.15) is 8.78 Å². The van der Waals surface area contributed by atoms with Gasteiger partial charge in [0.05, 0.1) is 0 Å². The molecule has 0 aromatic heterocycles. The van der Waals surface area contributed by atoms with Gasteiger partial charge in [0.25, 0.3) is 4.51 Å². The van der Waals surface area contributed by atoms with E-state index in [1.165, 1.54) is 0 Å². The predicted molar refractivity (Wildman–Crippen MR) is 61.0 cm³/mol. The normalized spacial score (nSPS) is 9.28. The molecule has 0 saturated carbocycles. The summed E-state index contributed by atoms with van der Waals surface area (Å²) in [7, 11) is 0. The maximum absolute atomic E-state index is 12.8. The first-order valence-corrected chi connectivity index (χ1v) is 5.04. The maximum Gasteiger partial charge on any atom is 0.261 e. The van der Waals surface area contributed by atoms with Crippen molar-refractivity contribution in [3.05, 3.63) is 29.1 Å². The number of carbonyl (C=O) groups excluding carboxylic acids is 1. The van der Waals surface area contributed by atoms with Crippen molar-refractivity contribution in [2.75, 3.05) is 0 Å². The molecule has 0 N–H and O–H groups in total. The molecule has 0 aliphatic heterocycles. The van der Waals surface area contributed by atoms with Gasteiger partial charge in [-0.15, -0.1) is 12.6 Å². The van der Waals surface area contributed by atoms with Gasteiger partial charge in [-0.25, -0.2) is 13.2 Å². The van der Waals surface area contributed by atoms with Gasteiger partial charge < -0.3 is 4.74 Å². The van der Waals surface area contributed by atoms with Crippen LogP contribution in [-0.4, -0.2) is 10.1 Å². The van der Waals surface area contributed by atoms with Gasteiger partial charge in [0.1, 0.15) is 0 Å². The Morgan fingerprint density at radius 1 is 1.06 bits per heavy atom. The van der Waals surface area contributed by atoms with Crippen molar-refractivity contribution in [3.8, 4) is 5.75 Å². The molecule has 0 radical (unpaired) electrons. The number of thiocarbonyl (C=S) groups is 1. The minimum atomic E-state index is -2.28. The van der Waals surface area contributed by atoms with Crippen molar-refractivity contribution in [1.29, 1.82) is 0 Å². The number of ether oxygens (including phenoxy) is 1. The molecule has 2 nitrogen and oxygen atoms in total. The minimum Gasteiger partial charge on any atom is -0.429 e. The SMILES string of the molecule is Fc1c(F)c(F)c(OC(=S)Cl)c(F)c1F.O=CS. The van der Waals surface area contributed by atoms with E-state index in [1.54, 1.807) is 0 Å². The van der Waals surface area contributed by atoms with Crippen LogP contribution in [-0.2, 0) is 4.79 Å². The van der Waals surface area contributed by atoms with E-state index < -0.39 is 39.3 Å². The van der Waals surface area contributed by atoms with Crippen molar-refractivity contribution in [2.45, 2.75) is 0 Å². The summed E-state index contributed by atoms with van der Waals surface area (Å²) in [6, 6.07) is 0. The first kappa shape index (κ1) is 17.1. The van der Waals surface area contributed by atoms with Crippen molar-refractivity contribution in [3.63, 3.8) is 0 Å². The summed E-state index contributed by atoms with van der Waals surface area (Å²) in [5.41, 5.74) is 0.444. The highest BCUT2D eigenvalue weighted by atomic mass is 35.5. The van der Waals surface area contributed by atoms with Crippen molar-refractivity contribution >= 4 is 46.6 Å². The summed E-state index contributed by atoms with van der Waals surface area (Å²) >= 11 is 12.1. The lowest BCUT2D eigenvalue weighted by Crippen LogP contribution is -2.07. The standard InChI is InChI=1S/C7ClF5OS.CH2OS/c8-7(15)14-6-4(12)2(10)1(9)3(11)5(6)13;2-1-3/h;1H,(H,2,3). The zero-order valence-electron chi connectivity index (χ0n) is 8.02. The van der Waals surface area contributed by atoms with Crippen molar-refractivity contribution in [2.24, 2.45) is 0 Å². The molecule has 0 aliphatic rings. The van der Waals surface area contributed by atoms with Crippen LogP contribution < -0.4 is 4.74 Å². The zero-order valence-corrected chi connectivity index (χ0v) is 10.5. The van der Waals surface area contributed by atoms with Gasteiger partial charge in [-0.1, -0.05) is 0 Å². The van der Waals surface area contributed by atoms with Gasteiger partial charge >= 0.3 is 0 Å². The monoisotopic (exact) mass is 324 g/mol. The van der Waals surface area contributed by atoms with E-state index in [4.69, 9.17) is 16.4 Å². The van der Waals surface area contributed by atoms with Crippen LogP contribution in [0.5, 0.6) is 5.75 Å². The summed E-state index contributed by atoms with van der Waals surface area (Å²) in [6.07, 6.45) is 0. The molecule has 0 aliphatic carbocycles. The number of thiol groups is 1. The average molecular weight is 325 g/mol. The van der Waals surface area contributed by atoms with Gasteiger partial charge in [0.15, 0.2) is 5.62 Å². The first-order chi connectivity index (χ1) is 8.27. The summed E-state index contributed by atoms with van der Waals surface area (Å²) in [6.45, 7) is 0. The van der Waals surface area contributed by atoms with E-state index in [0.29, 0.717) is 5.62 Å². The molecule has 1 rings (SSSR count). The second kappa shape index (κ2) is 7.49. The largest absolute Gasteiger partial charge is 0.429 e. The summed E-state index contributed by atoms with van der Waals surface area (Å²) in [5.74, 6) is -12.3. The molecule has 0 saturated heterocycles. The molecular formula is C8H2ClF5O2S2. The number of rotatable bonds is 1. The number of hydrogen-bond acceptors (Lipinski definition) is 3. The molecule has 10 heteroatoms. The molecule has 0 atom stereocenters. The molecule has 1 aromatic rings. The van der Waals surface area contributed by atoms with Crippen LogP contribution in [0.1, 0.15) is 0 Å². The third-order valence-electron chi connectivity index (χ3n) is 1.35. The topological polar surface area (TPSA) is 26.3 Å². The van der Waals surface area contributed by atoms with Crippen LogP contribution in [0.25, 0.3) is 0 Å². The molecule has 0 heterocycles. The van der Waals surface area contributed by atoms with E-state index in [9.17, 15) is 22.0 Å². The van der Waals surface area contributed by atoms with Crippen LogP contribution in [0.15, 0.2) is 0 Å². The number of halogens is 6. The number of carbonyl (C=O) groups is 1. The highest BCUT2D eigenvalue weighted by Crippen LogP contribution is 2.29. The predicted octanol–water partition coefficient (Wildman–Crippen LogP) is 3.39. The summed E-state index contributed by atoms with van der Waals surface area (Å²) in [4.78, 5) is 8.67. The van der Waals surface area contributed by atoms with Gasteiger partial charge in [-0.05, 0) is 23.8 Å². The molecule has 100 valence electrons. The molecule has 1 aromatic carbocycles. The van der Waals surface area contributed by atoms with Gasteiger partial charge in [0, 0.05) is 0 Å². The molecule has 18 heavy (non-hydrogen) atoms. The Morgan fingerprint density at radius 3 is 1.61 bits per heavy atom. The quantitative estimate of drug-likeness (QED) is 0.163. The number of hydrogen-bond donors (Lipinski definition) is 1. The van der Waals surface area contributed by atoms with E-state index >= 15 is 0 Å². The second-order valence-corrected chi connectivity index (χ2v) is 3.49. The third-order valence-corrected chi connectivity index (χ3v) is 1.51. The lowest BCUT2D eigenvalue weighted by Gasteiger charge is -2.06. The van der Waals surface area contributed by atoms with Crippen LogP contribution in [0.3, 0.4) is 0 Å². The average Bonchev–Trinajstić information content (AvgIpc) is 2.30. The highest BCUT2D eigenvalue weighted by Gasteiger charge is 2.27. The highest BCUT2D eigenvalue weighted by molar-refractivity contribution is 7.94. The Hall–Kier alpha value is -0.930. The molecule has 0 amide bonds. The van der Waals surface area contributed by atoms with Crippen LogP contribution in [0.4, 0.5) is 22.0 Å². The zero-order chi connectivity index (χ0) is 14.5. The molecule has 0 bridgehead atoms. The van der Waals surface area contributed by atoms with E-state index in [2.05, 4.69) is 29.6 Å². The lowest BCUT2D eigenvalue weighted by molar-refractivity contribution is 0.348. The Labute approximate surface area is 113 Å². The smallest absolute Gasteiger partial charge is 0.261 e. The van der Waals surface area contributed by atoms with Crippen molar-refractivity contribution < 1.29 is 31.5 Å².